The maximum absolute atomic E-state index is 11.5. The zero-order valence-electron chi connectivity index (χ0n) is 6.87. The Labute approximate surface area is 73.1 Å². The van der Waals surface area contributed by atoms with Gasteiger partial charge in [-0.25, -0.2) is 0 Å². The third kappa shape index (κ3) is 1.53. The minimum Gasteiger partial charge on any atom is -0.267 e. The highest BCUT2D eigenvalue weighted by Gasteiger charge is 2.14. The fourth-order valence-electron chi connectivity index (χ4n) is 0.762. The van der Waals surface area contributed by atoms with Crippen LogP contribution in [0.25, 0.3) is 0 Å². The smallest absolute Gasteiger partial charge is 0.151 e. The lowest BCUT2D eigenvalue weighted by Crippen LogP contribution is -2.06. The van der Waals surface area contributed by atoms with Crippen LogP contribution in [0, 0.1) is 11.3 Å². The van der Waals surface area contributed by atoms with Crippen LogP contribution in [0.1, 0.15) is 19.5 Å². The molecule has 0 aliphatic heterocycles. The molecule has 1 N–H and O–H groups in total. The number of aromatic amines is 1. The fourth-order valence-corrected chi connectivity index (χ4v) is 1.72. The molecule has 64 valence electrons. The maximum atomic E-state index is 11.5. The highest BCUT2D eigenvalue weighted by atomic mass is 32.2. The minimum absolute atomic E-state index is 0.00898. The maximum Gasteiger partial charge on any atom is 0.151 e. The van der Waals surface area contributed by atoms with Gasteiger partial charge < -0.3 is 0 Å². The Kier molecular flexibility index (Phi) is 2.61. The van der Waals surface area contributed by atoms with Crippen molar-refractivity contribution in [3.63, 3.8) is 0 Å². The van der Waals surface area contributed by atoms with Crippen molar-refractivity contribution >= 4 is 10.8 Å². The van der Waals surface area contributed by atoms with E-state index < -0.39 is 10.8 Å². The molecule has 0 radical (unpaired) electrons. The first-order valence-corrected chi connectivity index (χ1v) is 4.72. The predicted molar refractivity (Wildman–Crippen MR) is 44.8 cm³/mol. The Bertz CT molecular complexity index is 337. The van der Waals surface area contributed by atoms with E-state index in [9.17, 15) is 4.21 Å². The van der Waals surface area contributed by atoms with E-state index in [4.69, 9.17) is 5.26 Å². The van der Waals surface area contributed by atoms with Crippen molar-refractivity contribution in [2.45, 2.75) is 24.0 Å². The first kappa shape index (κ1) is 8.94. The molecule has 0 saturated heterocycles. The Morgan fingerprint density at radius 2 is 2.42 bits per heavy atom. The van der Waals surface area contributed by atoms with E-state index in [2.05, 4.69) is 10.2 Å². The van der Waals surface area contributed by atoms with Crippen molar-refractivity contribution in [1.29, 1.82) is 5.26 Å². The van der Waals surface area contributed by atoms with Crippen LogP contribution >= 0.6 is 0 Å². The topological polar surface area (TPSA) is 69.5 Å². The quantitative estimate of drug-likeness (QED) is 0.737. The number of nitrogens with zero attached hydrogens (tertiary/aromatic N) is 2. The van der Waals surface area contributed by atoms with Crippen molar-refractivity contribution in [2.75, 3.05) is 0 Å². The number of nitrogens with one attached hydrogen (secondary N) is 1. The lowest BCUT2D eigenvalue weighted by Gasteiger charge is -2.01. The molecule has 1 aromatic rings. The molecule has 0 aliphatic carbocycles. The normalized spacial score (nSPS) is 12.8. The monoisotopic (exact) mass is 183 g/mol. The van der Waals surface area contributed by atoms with Crippen molar-refractivity contribution in [2.24, 2.45) is 0 Å². The second-order valence-corrected chi connectivity index (χ2v) is 4.54. The number of nitriles is 1. The van der Waals surface area contributed by atoms with Gasteiger partial charge in [-0.3, -0.25) is 9.31 Å². The molecule has 4 nitrogen and oxygen atoms in total. The average Bonchev–Trinajstić information content (AvgIpc) is 2.49. The van der Waals surface area contributed by atoms with E-state index in [-0.39, 0.29) is 5.25 Å². The van der Waals surface area contributed by atoms with Gasteiger partial charge in [0.05, 0.1) is 21.9 Å². The van der Waals surface area contributed by atoms with E-state index in [1.54, 1.807) is 0 Å². The summed E-state index contributed by atoms with van der Waals surface area (Å²) in [4.78, 5) is 0.493. The van der Waals surface area contributed by atoms with Gasteiger partial charge in [-0.15, -0.1) is 0 Å². The van der Waals surface area contributed by atoms with Gasteiger partial charge in [-0.2, -0.15) is 10.4 Å². The molecule has 0 fully saturated rings. The van der Waals surface area contributed by atoms with Crippen molar-refractivity contribution in [3.05, 3.63) is 11.9 Å². The number of H-pyrrole nitrogens is 1. The van der Waals surface area contributed by atoms with Crippen LogP contribution in [0.15, 0.2) is 11.1 Å². The predicted octanol–water partition coefficient (Wildman–Crippen LogP) is 0.797. The van der Waals surface area contributed by atoms with Crippen molar-refractivity contribution in [1.82, 2.24) is 10.2 Å². The van der Waals surface area contributed by atoms with E-state index >= 15 is 0 Å². The SMILES string of the molecule is CC(C)S(=O)c1cn[nH]c1C#N. The van der Waals surface area contributed by atoms with Gasteiger partial charge in [0.2, 0.25) is 0 Å². The molecule has 0 bridgehead atoms. The molecule has 12 heavy (non-hydrogen) atoms. The lowest BCUT2D eigenvalue weighted by atomic mass is 10.5. The van der Waals surface area contributed by atoms with Gasteiger partial charge in [-0.1, -0.05) is 13.8 Å². The number of hydrogen-bond acceptors (Lipinski definition) is 3. The van der Waals surface area contributed by atoms with Crippen molar-refractivity contribution < 1.29 is 4.21 Å². The van der Waals surface area contributed by atoms with E-state index in [1.807, 2.05) is 19.9 Å². The lowest BCUT2D eigenvalue weighted by molar-refractivity contribution is 0.676. The first-order chi connectivity index (χ1) is 5.66. The van der Waals surface area contributed by atoms with Gasteiger partial charge in [0, 0.05) is 5.25 Å². The van der Waals surface area contributed by atoms with Crippen LogP contribution in [-0.2, 0) is 10.8 Å². The summed E-state index contributed by atoms with van der Waals surface area (Å²) in [5.74, 6) is 0. The molecular weight excluding hydrogens is 174 g/mol. The number of hydrogen-bond donors (Lipinski definition) is 1. The van der Waals surface area contributed by atoms with E-state index in [1.165, 1.54) is 6.20 Å². The fraction of sp³-hybridized carbons (Fsp3) is 0.429. The molecule has 1 rings (SSSR count). The second kappa shape index (κ2) is 3.50. The van der Waals surface area contributed by atoms with Gasteiger partial charge >= 0.3 is 0 Å². The molecular formula is C7H9N3OS. The molecule has 0 amide bonds. The second-order valence-electron chi connectivity index (χ2n) is 2.57. The standard InChI is InChI=1S/C7H9N3OS/c1-5(2)12(11)7-4-9-10-6(7)3-8/h4-5H,1-2H3,(H,9,10). The Balaban J connectivity index is 3.04. The Morgan fingerprint density at radius 3 is 2.92 bits per heavy atom. The molecule has 0 saturated carbocycles. The van der Waals surface area contributed by atoms with E-state index in [0.717, 1.165) is 0 Å². The molecule has 5 heteroatoms. The molecule has 0 spiro atoms. The summed E-state index contributed by atoms with van der Waals surface area (Å²) in [6, 6.07) is 1.90. The van der Waals surface area contributed by atoms with Gasteiger partial charge in [0.1, 0.15) is 6.07 Å². The van der Waals surface area contributed by atoms with Crippen LogP contribution in [-0.4, -0.2) is 19.7 Å². The summed E-state index contributed by atoms with van der Waals surface area (Å²) in [6.07, 6.45) is 1.44. The average molecular weight is 183 g/mol. The van der Waals surface area contributed by atoms with Gasteiger partial charge in [0.15, 0.2) is 5.69 Å². The summed E-state index contributed by atoms with van der Waals surface area (Å²) in [5.41, 5.74) is 0.294. The van der Waals surface area contributed by atoms with Crippen LogP contribution in [0.2, 0.25) is 0 Å². The molecule has 1 aromatic heterocycles. The van der Waals surface area contributed by atoms with Crippen LogP contribution < -0.4 is 0 Å². The number of rotatable bonds is 2. The number of aromatic nitrogens is 2. The molecule has 0 aromatic carbocycles. The summed E-state index contributed by atoms with van der Waals surface area (Å²) in [7, 11) is -1.13. The largest absolute Gasteiger partial charge is 0.267 e. The zero-order chi connectivity index (χ0) is 9.14. The van der Waals surface area contributed by atoms with Gasteiger partial charge in [-0.05, 0) is 0 Å². The molecule has 1 atom stereocenters. The summed E-state index contributed by atoms with van der Waals surface area (Å²) in [6.45, 7) is 3.68. The highest BCUT2D eigenvalue weighted by molar-refractivity contribution is 7.85. The Morgan fingerprint density at radius 1 is 1.75 bits per heavy atom. The van der Waals surface area contributed by atoms with Crippen LogP contribution in [0.3, 0.4) is 0 Å². The van der Waals surface area contributed by atoms with Crippen LogP contribution in [0.5, 0.6) is 0 Å². The third-order valence-corrected chi connectivity index (χ3v) is 2.96. The molecule has 1 unspecified atom stereocenters. The molecule has 0 aliphatic rings. The summed E-state index contributed by atoms with van der Waals surface area (Å²) < 4.78 is 11.5. The van der Waals surface area contributed by atoms with Gasteiger partial charge in [0.25, 0.3) is 0 Å². The summed E-state index contributed by atoms with van der Waals surface area (Å²) in [5, 5.41) is 14.7. The van der Waals surface area contributed by atoms with E-state index in [0.29, 0.717) is 10.6 Å². The molecule has 1 heterocycles. The zero-order valence-corrected chi connectivity index (χ0v) is 7.68. The third-order valence-electron chi connectivity index (χ3n) is 1.36. The highest BCUT2D eigenvalue weighted by Crippen LogP contribution is 2.12. The first-order valence-electron chi connectivity index (χ1n) is 3.51. The van der Waals surface area contributed by atoms with Crippen LogP contribution in [0.4, 0.5) is 0 Å². The summed E-state index contributed by atoms with van der Waals surface area (Å²) >= 11 is 0. The van der Waals surface area contributed by atoms with Crippen molar-refractivity contribution in [3.8, 4) is 6.07 Å². The minimum atomic E-state index is -1.13. The Hall–Kier alpha value is -1.15.